The Morgan fingerprint density at radius 2 is 2.00 bits per heavy atom. The first kappa shape index (κ1) is 11.7. The van der Waals surface area contributed by atoms with Crippen LogP contribution in [0.1, 0.15) is 18.4 Å². The summed E-state index contributed by atoms with van der Waals surface area (Å²) in [5.41, 5.74) is 1.37. The molecule has 2 nitrogen and oxygen atoms in total. The van der Waals surface area contributed by atoms with Gasteiger partial charge in [0.25, 0.3) is 0 Å². The quantitative estimate of drug-likeness (QED) is 0.862. The SMILES string of the molecule is c1ccc2cc(CNC3CCCNC3)ccc2c1. The third-order valence-electron chi connectivity index (χ3n) is 3.71. The van der Waals surface area contributed by atoms with E-state index < -0.39 is 0 Å². The maximum Gasteiger partial charge on any atom is 0.0208 e. The molecule has 2 N–H and O–H groups in total. The van der Waals surface area contributed by atoms with Crippen molar-refractivity contribution in [3.63, 3.8) is 0 Å². The number of hydrogen-bond donors (Lipinski definition) is 2. The van der Waals surface area contributed by atoms with Crippen molar-refractivity contribution in [3.8, 4) is 0 Å². The Hall–Kier alpha value is -1.38. The summed E-state index contributed by atoms with van der Waals surface area (Å²) >= 11 is 0. The highest BCUT2D eigenvalue weighted by Gasteiger charge is 2.11. The summed E-state index contributed by atoms with van der Waals surface area (Å²) in [4.78, 5) is 0. The summed E-state index contributed by atoms with van der Waals surface area (Å²) in [6.07, 6.45) is 2.58. The zero-order valence-corrected chi connectivity index (χ0v) is 10.7. The van der Waals surface area contributed by atoms with Gasteiger partial charge in [0.1, 0.15) is 0 Å². The molecule has 94 valence electrons. The second-order valence-electron chi connectivity index (χ2n) is 5.11. The third kappa shape index (κ3) is 2.71. The van der Waals surface area contributed by atoms with E-state index in [0.29, 0.717) is 6.04 Å². The zero-order chi connectivity index (χ0) is 12.2. The van der Waals surface area contributed by atoms with Crippen molar-refractivity contribution in [2.24, 2.45) is 0 Å². The molecule has 0 bridgehead atoms. The molecule has 0 spiro atoms. The fourth-order valence-electron chi connectivity index (χ4n) is 2.64. The molecule has 2 aromatic carbocycles. The normalized spacial score (nSPS) is 20.1. The van der Waals surface area contributed by atoms with Gasteiger partial charge in [-0.1, -0.05) is 36.4 Å². The van der Waals surface area contributed by atoms with Gasteiger partial charge in [-0.2, -0.15) is 0 Å². The van der Waals surface area contributed by atoms with Crippen molar-refractivity contribution in [2.45, 2.75) is 25.4 Å². The van der Waals surface area contributed by atoms with Crippen LogP contribution in [0.25, 0.3) is 10.8 Å². The molecule has 1 unspecified atom stereocenters. The predicted molar refractivity (Wildman–Crippen MR) is 76.7 cm³/mol. The van der Waals surface area contributed by atoms with Crippen LogP contribution in [-0.2, 0) is 6.54 Å². The highest BCUT2D eigenvalue weighted by atomic mass is 15.0. The lowest BCUT2D eigenvalue weighted by Crippen LogP contribution is -2.42. The Morgan fingerprint density at radius 3 is 2.83 bits per heavy atom. The van der Waals surface area contributed by atoms with E-state index in [9.17, 15) is 0 Å². The number of nitrogens with one attached hydrogen (secondary N) is 2. The van der Waals surface area contributed by atoms with Gasteiger partial charge in [-0.25, -0.2) is 0 Å². The van der Waals surface area contributed by atoms with Crippen molar-refractivity contribution >= 4 is 10.8 Å². The molecule has 1 atom stereocenters. The Bertz CT molecular complexity index is 515. The summed E-state index contributed by atoms with van der Waals surface area (Å²) in [6.45, 7) is 3.25. The minimum Gasteiger partial charge on any atom is -0.315 e. The van der Waals surface area contributed by atoms with Crippen molar-refractivity contribution in [1.82, 2.24) is 10.6 Å². The molecule has 0 aliphatic carbocycles. The van der Waals surface area contributed by atoms with Crippen molar-refractivity contribution in [2.75, 3.05) is 13.1 Å². The topological polar surface area (TPSA) is 24.1 Å². The average molecular weight is 240 g/mol. The minimum absolute atomic E-state index is 0.630. The highest BCUT2D eigenvalue weighted by molar-refractivity contribution is 5.82. The van der Waals surface area contributed by atoms with E-state index in [1.54, 1.807) is 0 Å². The van der Waals surface area contributed by atoms with Gasteiger partial charge in [-0.05, 0) is 41.8 Å². The number of fused-ring (bicyclic) bond motifs is 1. The molecule has 1 aliphatic rings. The van der Waals surface area contributed by atoms with Gasteiger partial charge < -0.3 is 10.6 Å². The van der Waals surface area contributed by atoms with Gasteiger partial charge in [0.15, 0.2) is 0 Å². The van der Waals surface area contributed by atoms with Crippen LogP contribution in [0.2, 0.25) is 0 Å². The first-order valence-corrected chi connectivity index (χ1v) is 6.83. The minimum atomic E-state index is 0.630. The van der Waals surface area contributed by atoms with Gasteiger partial charge in [0, 0.05) is 19.1 Å². The molecule has 0 amide bonds. The molecule has 1 fully saturated rings. The molecule has 1 aliphatic heterocycles. The summed E-state index contributed by atoms with van der Waals surface area (Å²) in [5.74, 6) is 0. The monoisotopic (exact) mass is 240 g/mol. The van der Waals surface area contributed by atoms with E-state index in [4.69, 9.17) is 0 Å². The lowest BCUT2D eigenvalue weighted by molar-refractivity contribution is 0.389. The predicted octanol–water partition coefficient (Wildman–Crippen LogP) is 2.68. The zero-order valence-electron chi connectivity index (χ0n) is 10.7. The van der Waals surface area contributed by atoms with Crippen LogP contribution in [0.3, 0.4) is 0 Å². The number of rotatable bonds is 3. The standard InChI is InChI=1S/C16H20N2/c1-2-5-15-10-13(7-8-14(15)4-1)11-18-16-6-3-9-17-12-16/h1-2,4-5,7-8,10,16-18H,3,6,9,11-12H2. The summed E-state index contributed by atoms with van der Waals surface area (Å²) in [7, 11) is 0. The Balaban J connectivity index is 1.66. The summed E-state index contributed by atoms with van der Waals surface area (Å²) in [6, 6.07) is 15.9. The molecular weight excluding hydrogens is 220 g/mol. The van der Waals surface area contributed by atoms with Crippen molar-refractivity contribution < 1.29 is 0 Å². The van der Waals surface area contributed by atoms with Crippen LogP contribution in [0, 0.1) is 0 Å². The second kappa shape index (κ2) is 5.51. The van der Waals surface area contributed by atoms with Crippen molar-refractivity contribution in [1.29, 1.82) is 0 Å². The lowest BCUT2D eigenvalue weighted by atomic mass is 10.1. The molecule has 3 rings (SSSR count). The van der Waals surface area contributed by atoms with Crippen LogP contribution in [0.5, 0.6) is 0 Å². The molecule has 2 aromatic rings. The lowest BCUT2D eigenvalue weighted by Gasteiger charge is -2.24. The van der Waals surface area contributed by atoms with Crippen molar-refractivity contribution in [3.05, 3.63) is 48.0 Å². The van der Waals surface area contributed by atoms with E-state index in [0.717, 1.165) is 13.1 Å². The van der Waals surface area contributed by atoms with Gasteiger partial charge in [-0.15, -0.1) is 0 Å². The maximum absolute atomic E-state index is 3.64. The van der Waals surface area contributed by atoms with E-state index in [1.807, 2.05) is 0 Å². The van der Waals surface area contributed by atoms with Crippen LogP contribution in [0.4, 0.5) is 0 Å². The fourth-order valence-corrected chi connectivity index (χ4v) is 2.64. The Labute approximate surface area is 108 Å². The number of benzene rings is 2. The first-order chi connectivity index (χ1) is 8.92. The molecule has 18 heavy (non-hydrogen) atoms. The number of hydrogen-bond acceptors (Lipinski definition) is 2. The number of piperidine rings is 1. The van der Waals surface area contributed by atoms with E-state index in [2.05, 4.69) is 53.1 Å². The van der Waals surface area contributed by atoms with E-state index >= 15 is 0 Å². The maximum atomic E-state index is 3.64. The first-order valence-electron chi connectivity index (χ1n) is 6.83. The second-order valence-corrected chi connectivity index (χ2v) is 5.11. The van der Waals surface area contributed by atoms with Crippen LogP contribution in [0.15, 0.2) is 42.5 Å². The molecule has 2 heteroatoms. The fraction of sp³-hybridized carbons (Fsp3) is 0.375. The smallest absolute Gasteiger partial charge is 0.0208 e. The van der Waals surface area contributed by atoms with Crippen LogP contribution >= 0.6 is 0 Å². The largest absolute Gasteiger partial charge is 0.315 e. The van der Waals surface area contributed by atoms with Gasteiger partial charge in [0.05, 0.1) is 0 Å². The van der Waals surface area contributed by atoms with E-state index in [-0.39, 0.29) is 0 Å². The van der Waals surface area contributed by atoms with Gasteiger partial charge >= 0.3 is 0 Å². The molecule has 1 saturated heterocycles. The van der Waals surface area contributed by atoms with Crippen LogP contribution in [-0.4, -0.2) is 19.1 Å². The summed E-state index contributed by atoms with van der Waals surface area (Å²) in [5, 5.41) is 9.73. The van der Waals surface area contributed by atoms with Crippen LogP contribution < -0.4 is 10.6 Å². The third-order valence-corrected chi connectivity index (χ3v) is 3.71. The van der Waals surface area contributed by atoms with E-state index in [1.165, 1.54) is 35.7 Å². The molecule has 0 saturated carbocycles. The molecule has 0 aromatic heterocycles. The Kier molecular flexibility index (Phi) is 3.58. The van der Waals surface area contributed by atoms with Gasteiger partial charge in [0.2, 0.25) is 0 Å². The summed E-state index contributed by atoms with van der Waals surface area (Å²) < 4.78 is 0. The Morgan fingerprint density at radius 1 is 1.11 bits per heavy atom. The highest BCUT2D eigenvalue weighted by Crippen LogP contribution is 2.15. The molecular formula is C16H20N2. The molecule has 1 heterocycles. The molecule has 0 radical (unpaired) electrons. The average Bonchev–Trinajstić information content (AvgIpc) is 2.46. The van der Waals surface area contributed by atoms with Gasteiger partial charge in [-0.3, -0.25) is 0 Å².